The normalized spacial score (nSPS) is 15.6. The molecule has 0 spiro atoms. The summed E-state index contributed by atoms with van der Waals surface area (Å²) in [6.07, 6.45) is 2.38. The van der Waals surface area contributed by atoms with Crippen LogP contribution in [0.2, 0.25) is 0 Å². The van der Waals surface area contributed by atoms with Crippen molar-refractivity contribution in [3.63, 3.8) is 0 Å². The van der Waals surface area contributed by atoms with Gasteiger partial charge in [0.25, 0.3) is 0 Å². The zero-order valence-corrected chi connectivity index (χ0v) is 40.8. The number of thiophene rings is 1. The van der Waals surface area contributed by atoms with E-state index >= 15 is 0 Å². The van der Waals surface area contributed by atoms with Gasteiger partial charge in [-0.1, -0.05) is 115 Å². The van der Waals surface area contributed by atoms with Crippen molar-refractivity contribution < 1.29 is 9.15 Å². The second-order valence-corrected chi connectivity index (χ2v) is 23.4. The number of anilines is 2. The van der Waals surface area contributed by atoms with Gasteiger partial charge in [-0.05, 0) is 141 Å². The number of nitrogens with zero attached hydrogens (tertiary/aromatic N) is 1. The quantitative estimate of drug-likeness (QED) is 0.180. The van der Waals surface area contributed by atoms with Crippen molar-refractivity contribution in [1.82, 2.24) is 4.57 Å². The average molecular weight is 900 g/mol. The number of benzene rings is 8. The number of aryl methyl sites for hydroxylation is 1. The number of hydrogen-bond donors (Lipinski definition) is 1. The summed E-state index contributed by atoms with van der Waals surface area (Å²) in [4.78, 5) is 0. The van der Waals surface area contributed by atoms with Crippen molar-refractivity contribution in [3.8, 4) is 33.7 Å². The lowest BCUT2D eigenvalue weighted by Gasteiger charge is -2.41. The molecule has 0 amide bonds. The van der Waals surface area contributed by atoms with E-state index in [1.54, 1.807) is 0 Å². The average Bonchev–Trinajstić information content (AvgIpc) is 3.98. The molecule has 2 aliphatic heterocycles. The van der Waals surface area contributed by atoms with Gasteiger partial charge in [0, 0.05) is 81.5 Å². The minimum Gasteiger partial charge on any atom is -0.488 e. The highest BCUT2D eigenvalue weighted by Gasteiger charge is 2.38. The standard InChI is InChI=1S/C62H52BN2O2S/c1-33-23-44(39-28-55-43(26-49(39)64-36-19-17-35(18-20-36)60(2,3)4)42-25-46-47(29-56(42)68-55)62(7,8)22-21-61(46,5)6)58-59-57(33)45-24-40-37-14-10-9-13-34(37)32-66-53(40)31-50(45)65(59)51-27-41-38-15-11-12-16-52(38)67-54(41)30-48(51)63-58/h9-20,23-31,64H,21-22,32H2,1-8H3. The monoisotopic (exact) mass is 899 g/mol. The Kier molecular flexibility index (Phi) is 8.12. The third-order valence-corrected chi connectivity index (χ3v) is 17.1. The largest absolute Gasteiger partial charge is 0.488 e. The number of fused-ring (bicyclic) bond motifs is 15. The predicted octanol–water partition coefficient (Wildman–Crippen LogP) is 15.9. The van der Waals surface area contributed by atoms with Crippen LogP contribution in [0.25, 0.3) is 91.9 Å². The lowest BCUT2D eigenvalue weighted by Crippen LogP contribution is -2.37. The second-order valence-electron chi connectivity index (χ2n) is 22.3. The minimum atomic E-state index is 0.0581. The molecule has 0 saturated carbocycles. The summed E-state index contributed by atoms with van der Waals surface area (Å²) < 4.78 is 18.4. The van der Waals surface area contributed by atoms with Gasteiger partial charge in [-0.25, -0.2) is 0 Å². The van der Waals surface area contributed by atoms with Crippen LogP contribution in [-0.2, 0) is 22.9 Å². The van der Waals surface area contributed by atoms with Crippen molar-refractivity contribution in [1.29, 1.82) is 0 Å². The number of furan rings is 1. The van der Waals surface area contributed by atoms with Crippen LogP contribution in [0.3, 0.4) is 0 Å². The molecule has 0 atom stereocenters. The number of rotatable bonds is 3. The highest BCUT2D eigenvalue weighted by molar-refractivity contribution is 7.25. The Hall–Kier alpha value is -6.76. The Balaban J connectivity index is 1.06. The van der Waals surface area contributed by atoms with E-state index in [-0.39, 0.29) is 16.2 Å². The molecule has 8 aromatic carbocycles. The molecule has 0 unspecified atom stereocenters. The van der Waals surface area contributed by atoms with Gasteiger partial charge in [0.2, 0.25) is 0 Å². The van der Waals surface area contributed by atoms with Crippen molar-refractivity contribution in [2.45, 2.75) is 91.1 Å². The zero-order chi connectivity index (χ0) is 46.2. The van der Waals surface area contributed by atoms with Crippen LogP contribution in [-0.4, -0.2) is 11.8 Å². The van der Waals surface area contributed by atoms with E-state index in [4.69, 9.17) is 9.15 Å². The van der Waals surface area contributed by atoms with Crippen molar-refractivity contribution in [2.24, 2.45) is 0 Å². The van der Waals surface area contributed by atoms with Crippen molar-refractivity contribution in [3.05, 3.63) is 155 Å². The first-order valence-electron chi connectivity index (χ1n) is 24.3. The first-order valence-corrected chi connectivity index (χ1v) is 25.1. The van der Waals surface area contributed by atoms with Crippen molar-refractivity contribution in [2.75, 3.05) is 5.32 Å². The molecule has 1 radical (unpaired) electrons. The van der Waals surface area contributed by atoms with E-state index < -0.39 is 0 Å². The zero-order valence-electron chi connectivity index (χ0n) is 40.0. The van der Waals surface area contributed by atoms with Gasteiger partial charge in [-0.15, -0.1) is 11.3 Å². The second kappa shape index (κ2) is 13.7. The molecule has 0 fully saturated rings. The Morgan fingerprint density at radius 3 is 2.19 bits per heavy atom. The van der Waals surface area contributed by atoms with Gasteiger partial charge in [0.05, 0.1) is 5.52 Å². The predicted molar refractivity (Wildman–Crippen MR) is 290 cm³/mol. The molecule has 3 aromatic heterocycles. The fourth-order valence-corrected chi connectivity index (χ4v) is 13.3. The maximum Gasteiger partial charge on any atom is 0.198 e. The van der Waals surface area contributed by atoms with E-state index in [0.717, 1.165) is 61.3 Å². The third-order valence-electron chi connectivity index (χ3n) is 16.0. The van der Waals surface area contributed by atoms with E-state index in [1.165, 1.54) is 99.3 Å². The van der Waals surface area contributed by atoms with Crippen LogP contribution in [0.4, 0.5) is 11.4 Å². The summed E-state index contributed by atoms with van der Waals surface area (Å²) in [6.45, 7) is 19.4. The molecule has 3 aliphatic rings. The molecule has 331 valence electrons. The molecule has 0 saturated heterocycles. The van der Waals surface area contributed by atoms with Gasteiger partial charge in [0.15, 0.2) is 7.28 Å². The van der Waals surface area contributed by atoms with Gasteiger partial charge >= 0.3 is 0 Å². The first kappa shape index (κ1) is 40.3. The molecule has 5 heterocycles. The fraction of sp³-hybridized carbons (Fsp3) is 0.226. The Morgan fingerprint density at radius 1 is 0.647 bits per heavy atom. The van der Waals surface area contributed by atoms with E-state index in [9.17, 15) is 0 Å². The molecule has 4 nitrogen and oxygen atoms in total. The highest BCUT2D eigenvalue weighted by Crippen LogP contribution is 2.51. The Bertz CT molecular complexity index is 4020. The summed E-state index contributed by atoms with van der Waals surface area (Å²) in [6, 6.07) is 47.9. The van der Waals surface area contributed by atoms with E-state index in [0.29, 0.717) is 6.61 Å². The molecule has 68 heavy (non-hydrogen) atoms. The number of para-hydroxylation sites is 1. The van der Waals surface area contributed by atoms with Crippen LogP contribution in [0.1, 0.15) is 89.1 Å². The molecule has 6 heteroatoms. The topological polar surface area (TPSA) is 39.3 Å². The molecule has 11 aromatic rings. The van der Waals surface area contributed by atoms with E-state index in [1.807, 2.05) is 11.3 Å². The summed E-state index contributed by atoms with van der Waals surface area (Å²) in [7, 11) is 2.43. The maximum absolute atomic E-state index is 6.60. The number of hydrogen-bond acceptors (Lipinski definition) is 4. The third kappa shape index (κ3) is 5.73. The molecule has 14 rings (SSSR count). The summed E-state index contributed by atoms with van der Waals surface area (Å²) in [5, 5.41) is 11.4. The first-order chi connectivity index (χ1) is 32.7. The molecule has 1 aliphatic carbocycles. The van der Waals surface area contributed by atoms with Crippen LogP contribution in [0.15, 0.2) is 132 Å². The Morgan fingerprint density at radius 2 is 1.38 bits per heavy atom. The van der Waals surface area contributed by atoms with Gasteiger partial charge in [-0.3, -0.25) is 0 Å². The Labute approximate surface area is 401 Å². The minimum absolute atomic E-state index is 0.0581. The smallest absolute Gasteiger partial charge is 0.198 e. The van der Waals surface area contributed by atoms with E-state index in [2.05, 4.69) is 200 Å². The van der Waals surface area contributed by atoms with Crippen LogP contribution >= 0.6 is 11.3 Å². The summed E-state index contributed by atoms with van der Waals surface area (Å²) in [5.74, 6) is 0.924. The molecular formula is C62H52BN2O2S. The molecule has 0 bridgehead atoms. The highest BCUT2D eigenvalue weighted by atomic mass is 32.1. The summed E-state index contributed by atoms with van der Waals surface area (Å²) in [5.41, 5.74) is 21.7. The number of aromatic nitrogens is 1. The molecule has 1 N–H and O–H groups in total. The fourth-order valence-electron chi connectivity index (χ4n) is 12.1. The number of ether oxygens (including phenoxy) is 1. The lowest BCUT2D eigenvalue weighted by atomic mass is 9.58. The molecular weight excluding hydrogens is 848 g/mol. The van der Waals surface area contributed by atoms with Crippen molar-refractivity contribution >= 4 is 105 Å². The van der Waals surface area contributed by atoms with Gasteiger partial charge < -0.3 is 19.0 Å². The van der Waals surface area contributed by atoms with Crippen LogP contribution in [0, 0.1) is 6.92 Å². The maximum atomic E-state index is 6.60. The van der Waals surface area contributed by atoms with Crippen LogP contribution in [0.5, 0.6) is 5.75 Å². The SMILES string of the molecule is Cc1cc(-c2cc3sc4cc5c(cc4c3cc2Nc2ccc(C(C)(C)C)cc2)C(C)(C)CCC5(C)C)c2c3c1c1cc4c(cc1n3-c1cc3c(cc1[B]2)oc1ccccc13)OCc1ccccc1-4. The lowest BCUT2D eigenvalue weighted by molar-refractivity contribution is 0.302. The van der Waals surface area contributed by atoms with Gasteiger partial charge in [-0.2, -0.15) is 0 Å². The van der Waals surface area contributed by atoms with Gasteiger partial charge in [0.1, 0.15) is 23.5 Å². The number of nitrogens with one attached hydrogen (secondary N) is 1. The van der Waals surface area contributed by atoms with Crippen LogP contribution < -0.4 is 21.0 Å². The summed E-state index contributed by atoms with van der Waals surface area (Å²) >= 11 is 1.94.